The van der Waals surface area contributed by atoms with E-state index in [0.29, 0.717) is 5.69 Å². The van der Waals surface area contributed by atoms with Gasteiger partial charge in [0.2, 0.25) is 0 Å². The van der Waals surface area contributed by atoms with Gasteiger partial charge in [-0.2, -0.15) is 0 Å². The van der Waals surface area contributed by atoms with Crippen LogP contribution in [0.5, 0.6) is 0 Å². The fourth-order valence-electron chi connectivity index (χ4n) is 1.64. The maximum atomic E-state index is 6.90. The molecule has 0 saturated heterocycles. The van der Waals surface area contributed by atoms with E-state index in [-0.39, 0.29) is 0 Å². The molecule has 1 aliphatic rings. The molecule has 0 amide bonds. The van der Waals surface area contributed by atoms with Gasteiger partial charge in [-0.3, -0.25) is 0 Å². The smallest absolute Gasteiger partial charge is 0.187 e. The standard InChI is InChI=1S/C13H10N2S/c1-14-11-6-4-9(5-7-11)12-8-15-13(16-12)10-2-3-10/h4-8,10H,2-3H2. The number of benzene rings is 1. The highest BCUT2D eigenvalue weighted by atomic mass is 32.1. The predicted octanol–water partition coefficient (Wildman–Crippen LogP) is 4.24. The highest BCUT2D eigenvalue weighted by Gasteiger charge is 2.26. The lowest BCUT2D eigenvalue weighted by molar-refractivity contribution is 1.08. The molecule has 1 fully saturated rings. The highest BCUT2D eigenvalue weighted by Crippen LogP contribution is 2.43. The molecule has 0 aliphatic heterocycles. The molecule has 1 aromatic heterocycles. The summed E-state index contributed by atoms with van der Waals surface area (Å²) in [7, 11) is 0. The van der Waals surface area contributed by atoms with Crippen molar-refractivity contribution >= 4 is 17.0 Å². The first-order valence-electron chi connectivity index (χ1n) is 5.30. The third-order valence-electron chi connectivity index (χ3n) is 2.73. The van der Waals surface area contributed by atoms with Gasteiger partial charge in [0.1, 0.15) is 0 Å². The Labute approximate surface area is 98.4 Å². The van der Waals surface area contributed by atoms with E-state index in [1.165, 1.54) is 22.7 Å². The Bertz CT molecular complexity index is 544. The second-order valence-corrected chi connectivity index (χ2v) is 5.06. The van der Waals surface area contributed by atoms with Crippen molar-refractivity contribution in [3.63, 3.8) is 0 Å². The Kier molecular flexibility index (Phi) is 2.23. The average molecular weight is 226 g/mol. The fraction of sp³-hybridized carbons (Fsp3) is 0.231. The number of aromatic nitrogens is 1. The van der Waals surface area contributed by atoms with Crippen molar-refractivity contribution in [2.24, 2.45) is 0 Å². The first-order chi connectivity index (χ1) is 7.86. The molecule has 16 heavy (non-hydrogen) atoms. The Hall–Kier alpha value is -1.66. The third-order valence-corrected chi connectivity index (χ3v) is 3.94. The minimum atomic E-state index is 0.690. The minimum absolute atomic E-state index is 0.690. The average Bonchev–Trinajstić information content (AvgIpc) is 3.08. The fourth-order valence-corrected chi connectivity index (χ4v) is 2.73. The van der Waals surface area contributed by atoms with Crippen molar-refractivity contribution < 1.29 is 0 Å². The van der Waals surface area contributed by atoms with Gasteiger partial charge in [-0.05, 0) is 18.4 Å². The highest BCUT2D eigenvalue weighted by molar-refractivity contribution is 7.15. The van der Waals surface area contributed by atoms with Crippen LogP contribution < -0.4 is 0 Å². The normalized spacial score (nSPS) is 14.7. The molecule has 0 radical (unpaired) electrons. The van der Waals surface area contributed by atoms with E-state index in [1.54, 1.807) is 11.3 Å². The number of hydrogen-bond donors (Lipinski definition) is 0. The molecule has 3 heteroatoms. The largest absolute Gasteiger partial charge is 0.249 e. The van der Waals surface area contributed by atoms with Gasteiger partial charge in [0, 0.05) is 12.1 Å². The molecular formula is C13H10N2S. The molecule has 3 rings (SSSR count). The summed E-state index contributed by atoms with van der Waals surface area (Å²) in [6.07, 6.45) is 4.54. The quantitative estimate of drug-likeness (QED) is 0.700. The zero-order chi connectivity index (χ0) is 11.0. The van der Waals surface area contributed by atoms with E-state index in [4.69, 9.17) is 6.57 Å². The topological polar surface area (TPSA) is 17.2 Å². The van der Waals surface area contributed by atoms with Crippen LogP contribution >= 0.6 is 11.3 Å². The summed E-state index contributed by atoms with van der Waals surface area (Å²) in [6, 6.07) is 7.72. The molecule has 0 spiro atoms. The van der Waals surface area contributed by atoms with Gasteiger partial charge in [-0.25, -0.2) is 9.83 Å². The van der Waals surface area contributed by atoms with Crippen LogP contribution in [0, 0.1) is 6.57 Å². The van der Waals surface area contributed by atoms with Crippen molar-refractivity contribution in [1.29, 1.82) is 0 Å². The van der Waals surface area contributed by atoms with Gasteiger partial charge < -0.3 is 0 Å². The van der Waals surface area contributed by atoms with Crippen LogP contribution in [0.3, 0.4) is 0 Å². The van der Waals surface area contributed by atoms with E-state index in [2.05, 4.69) is 9.83 Å². The molecule has 78 valence electrons. The summed E-state index contributed by atoms with van der Waals surface area (Å²) in [4.78, 5) is 9.05. The maximum Gasteiger partial charge on any atom is 0.187 e. The lowest BCUT2D eigenvalue weighted by Gasteiger charge is -1.95. The number of nitrogens with zero attached hydrogens (tertiary/aromatic N) is 2. The van der Waals surface area contributed by atoms with Crippen molar-refractivity contribution in [2.45, 2.75) is 18.8 Å². The first kappa shape index (κ1) is 9.56. The zero-order valence-corrected chi connectivity index (χ0v) is 9.50. The lowest BCUT2D eigenvalue weighted by atomic mass is 10.2. The molecule has 0 atom stereocenters. The molecule has 0 bridgehead atoms. The van der Waals surface area contributed by atoms with E-state index in [0.717, 1.165) is 11.5 Å². The summed E-state index contributed by atoms with van der Waals surface area (Å²) in [6.45, 7) is 6.90. The summed E-state index contributed by atoms with van der Waals surface area (Å²) in [5, 5.41) is 1.27. The molecule has 1 aromatic carbocycles. The van der Waals surface area contributed by atoms with Crippen LogP contribution in [0.4, 0.5) is 5.69 Å². The van der Waals surface area contributed by atoms with Gasteiger partial charge in [-0.15, -0.1) is 11.3 Å². The van der Waals surface area contributed by atoms with E-state index in [1.807, 2.05) is 30.5 Å². The molecule has 0 N–H and O–H groups in total. The van der Waals surface area contributed by atoms with Crippen molar-refractivity contribution in [1.82, 2.24) is 4.98 Å². The van der Waals surface area contributed by atoms with Gasteiger partial charge in [-0.1, -0.05) is 24.3 Å². The Balaban J connectivity index is 1.92. The minimum Gasteiger partial charge on any atom is -0.249 e. The first-order valence-corrected chi connectivity index (χ1v) is 6.12. The van der Waals surface area contributed by atoms with Crippen LogP contribution in [0.25, 0.3) is 15.3 Å². The zero-order valence-electron chi connectivity index (χ0n) is 8.68. The Morgan fingerprint density at radius 2 is 2.00 bits per heavy atom. The van der Waals surface area contributed by atoms with Crippen LogP contribution in [-0.2, 0) is 0 Å². The van der Waals surface area contributed by atoms with E-state index < -0.39 is 0 Å². The number of rotatable bonds is 2. The predicted molar refractivity (Wildman–Crippen MR) is 65.8 cm³/mol. The Morgan fingerprint density at radius 1 is 1.25 bits per heavy atom. The summed E-state index contributed by atoms with van der Waals surface area (Å²) < 4.78 is 0. The Morgan fingerprint density at radius 3 is 2.62 bits per heavy atom. The molecular weight excluding hydrogens is 216 g/mol. The molecule has 0 unspecified atom stereocenters. The van der Waals surface area contributed by atoms with Crippen molar-refractivity contribution in [3.8, 4) is 10.4 Å². The van der Waals surface area contributed by atoms with Crippen molar-refractivity contribution in [3.05, 3.63) is 46.9 Å². The maximum absolute atomic E-state index is 6.90. The van der Waals surface area contributed by atoms with Gasteiger partial charge >= 0.3 is 0 Å². The van der Waals surface area contributed by atoms with Crippen molar-refractivity contribution in [2.75, 3.05) is 0 Å². The second-order valence-electron chi connectivity index (χ2n) is 4.00. The number of hydrogen-bond acceptors (Lipinski definition) is 2. The molecule has 2 nitrogen and oxygen atoms in total. The van der Waals surface area contributed by atoms with Crippen LogP contribution in [-0.4, -0.2) is 4.98 Å². The summed E-state index contributed by atoms with van der Waals surface area (Å²) >= 11 is 1.78. The summed E-state index contributed by atoms with van der Waals surface area (Å²) in [5.74, 6) is 0.723. The number of thiazole rings is 1. The van der Waals surface area contributed by atoms with Crippen LogP contribution in [0.15, 0.2) is 30.5 Å². The molecule has 1 aliphatic carbocycles. The lowest BCUT2D eigenvalue weighted by Crippen LogP contribution is -1.70. The summed E-state index contributed by atoms with van der Waals surface area (Å²) in [5.41, 5.74) is 1.85. The monoisotopic (exact) mass is 226 g/mol. The third kappa shape index (κ3) is 1.72. The van der Waals surface area contributed by atoms with Gasteiger partial charge in [0.25, 0.3) is 0 Å². The van der Waals surface area contributed by atoms with Gasteiger partial charge in [0.05, 0.1) is 16.5 Å². The second kappa shape index (κ2) is 3.73. The molecule has 1 saturated carbocycles. The van der Waals surface area contributed by atoms with Gasteiger partial charge in [0.15, 0.2) is 5.69 Å². The van der Waals surface area contributed by atoms with Crippen LogP contribution in [0.1, 0.15) is 23.8 Å². The van der Waals surface area contributed by atoms with E-state index in [9.17, 15) is 0 Å². The molecule has 1 heterocycles. The molecule has 2 aromatic rings. The van der Waals surface area contributed by atoms with E-state index >= 15 is 0 Å². The van der Waals surface area contributed by atoms with Crippen LogP contribution in [0.2, 0.25) is 0 Å². The SMILES string of the molecule is [C-]#[N+]c1ccc(-c2cnc(C3CC3)s2)cc1.